The van der Waals surface area contributed by atoms with Gasteiger partial charge in [0.25, 0.3) is 0 Å². The molecule has 5 N–H and O–H groups in total. The molecule has 3 heterocycles. The van der Waals surface area contributed by atoms with Crippen LogP contribution in [0.2, 0.25) is 0 Å². The van der Waals surface area contributed by atoms with Crippen LogP contribution in [0, 0.1) is 0 Å². The van der Waals surface area contributed by atoms with Crippen LogP contribution in [0.4, 0.5) is 11.8 Å². The van der Waals surface area contributed by atoms with E-state index in [1.54, 1.807) is 31.6 Å². The molecule has 0 radical (unpaired) electrons. The fourth-order valence-electron chi connectivity index (χ4n) is 3.20. The molecule has 0 aliphatic carbocycles. The predicted octanol–water partition coefficient (Wildman–Crippen LogP) is 2.38. The van der Waals surface area contributed by atoms with Crippen molar-refractivity contribution in [2.45, 2.75) is 39.2 Å². The highest BCUT2D eigenvalue weighted by Crippen LogP contribution is 2.34. The van der Waals surface area contributed by atoms with Crippen molar-refractivity contribution in [1.29, 1.82) is 0 Å². The van der Waals surface area contributed by atoms with Gasteiger partial charge in [-0.25, -0.2) is 19.9 Å². The van der Waals surface area contributed by atoms with Gasteiger partial charge in [0.2, 0.25) is 11.9 Å². The second-order valence-corrected chi connectivity index (χ2v) is 8.92. The Kier molecular flexibility index (Phi) is 7.67. The molecule has 1 atom stereocenters. The molecule has 0 saturated carbocycles. The van der Waals surface area contributed by atoms with Crippen LogP contribution in [0.3, 0.4) is 0 Å². The number of anilines is 2. The number of amides is 1. The maximum absolute atomic E-state index is 11.7. The first-order valence-corrected chi connectivity index (χ1v) is 10.9. The Morgan fingerprint density at radius 1 is 1.24 bits per heavy atom. The molecule has 3 rings (SSSR count). The number of nitrogen functional groups attached to an aromatic ring is 1. The summed E-state index contributed by atoms with van der Waals surface area (Å²) in [6.07, 6.45) is 3.33. The molecule has 182 valence electrons. The number of nitrogens with zero attached hydrogens (tertiary/aromatic N) is 4. The van der Waals surface area contributed by atoms with Crippen LogP contribution >= 0.6 is 0 Å². The van der Waals surface area contributed by atoms with Crippen molar-refractivity contribution in [1.82, 2.24) is 30.2 Å². The zero-order chi connectivity index (χ0) is 24.9. The summed E-state index contributed by atoms with van der Waals surface area (Å²) in [5, 5.41) is 6.00. The summed E-state index contributed by atoms with van der Waals surface area (Å²) < 4.78 is 10.2. The van der Waals surface area contributed by atoms with Crippen molar-refractivity contribution in [3.8, 4) is 28.4 Å². The number of carbonyl (C=O) groups is 1. The number of hydrogen-bond donors (Lipinski definition) is 4. The van der Waals surface area contributed by atoms with Crippen LogP contribution in [0.5, 0.6) is 5.75 Å². The van der Waals surface area contributed by atoms with Gasteiger partial charge in [0.05, 0.1) is 24.2 Å². The first kappa shape index (κ1) is 24.9. The molecule has 0 unspecified atom stereocenters. The first-order chi connectivity index (χ1) is 16.1. The van der Waals surface area contributed by atoms with E-state index in [4.69, 9.17) is 20.2 Å². The minimum absolute atomic E-state index is 0.0137. The second kappa shape index (κ2) is 10.5. The van der Waals surface area contributed by atoms with Gasteiger partial charge in [-0.1, -0.05) is 20.8 Å². The van der Waals surface area contributed by atoms with E-state index in [9.17, 15) is 4.79 Å². The van der Waals surface area contributed by atoms with Gasteiger partial charge in [-0.15, -0.1) is 0 Å². The number of rotatable bonds is 9. The third-order valence-electron chi connectivity index (χ3n) is 4.95. The van der Waals surface area contributed by atoms with Crippen LogP contribution in [0.15, 0.2) is 24.5 Å². The third-order valence-corrected chi connectivity index (χ3v) is 4.95. The lowest BCUT2D eigenvalue weighted by Crippen LogP contribution is -2.39. The van der Waals surface area contributed by atoms with Crippen molar-refractivity contribution >= 4 is 17.7 Å². The Morgan fingerprint density at radius 2 is 2.00 bits per heavy atom. The summed E-state index contributed by atoms with van der Waals surface area (Å²) in [4.78, 5) is 33.2. The summed E-state index contributed by atoms with van der Waals surface area (Å²) in [5.41, 5.74) is 8.49. The number of aromatic nitrogens is 5. The maximum atomic E-state index is 11.7. The molecule has 0 saturated heterocycles. The Morgan fingerprint density at radius 3 is 2.68 bits per heavy atom. The quantitative estimate of drug-likeness (QED) is 0.371. The van der Waals surface area contributed by atoms with Crippen LogP contribution in [0.25, 0.3) is 22.6 Å². The Balaban J connectivity index is 1.92. The molecule has 34 heavy (non-hydrogen) atoms. The molecule has 0 aliphatic rings. The number of nitrogens with two attached hydrogens (primary N) is 1. The van der Waals surface area contributed by atoms with E-state index in [1.807, 2.05) is 6.92 Å². The van der Waals surface area contributed by atoms with Crippen molar-refractivity contribution < 1.29 is 14.3 Å². The topological polar surface area (TPSA) is 153 Å². The number of hydrogen-bond acceptors (Lipinski definition) is 9. The van der Waals surface area contributed by atoms with E-state index >= 15 is 0 Å². The second-order valence-electron chi connectivity index (χ2n) is 8.92. The molecule has 3 aromatic rings. The summed E-state index contributed by atoms with van der Waals surface area (Å²) in [6.45, 7) is 8.57. The van der Waals surface area contributed by atoms with Crippen LogP contribution < -0.4 is 21.1 Å². The number of ether oxygens (including phenoxy) is 2. The minimum Gasteiger partial charge on any atom is -0.493 e. The van der Waals surface area contributed by atoms with E-state index in [0.717, 1.165) is 17.1 Å². The number of imidazole rings is 1. The number of carbonyl (C=O) groups excluding carboxylic acids is 1. The first-order valence-electron chi connectivity index (χ1n) is 10.9. The van der Waals surface area contributed by atoms with E-state index < -0.39 is 0 Å². The van der Waals surface area contributed by atoms with E-state index in [0.29, 0.717) is 35.4 Å². The number of aromatic amines is 1. The zero-order valence-corrected chi connectivity index (χ0v) is 20.4. The average Bonchev–Trinajstić information content (AvgIpc) is 3.24. The number of pyridine rings is 1. The van der Waals surface area contributed by atoms with Crippen molar-refractivity contribution in [3.63, 3.8) is 0 Å². The largest absolute Gasteiger partial charge is 0.493 e. The highest BCUT2D eigenvalue weighted by Gasteiger charge is 2.24. The molecule has 0 aromatic carbocycles. The van der Waals surface area contributed by atoms with Crippen molar-refractivity contribution in [3.05, 3.63) is 30.4 Å². The van der Waals surface area contributed by atoms with Crippen LogP contribution in [0.1, 0.15) is 33.5 Å². The highest BCUT2D eigenvalue weighted by atomic mass is 16.5. The van der Waals surface area contributed by atoms with Gasteiger partial charge in [-0.3, -0.25) is 4.79 Å². The van der Waals surface area contributed by atoms with Crippen LogP contribution in [-0.2, 0) is 14.9 Å². The Labute approximate surface area is 198 Å². The average molecular weight is 469 g/mol. The third kappa shape index (κ3) is 5.98. The molecule has 0 spiro atoms. The summed E-state index contributed by atoms with van der Waals surface area (Å²) in [7, 11) is 3.03. The standard InChI is InChI=1S/C23H32N8O3/c1-13(28-17(32)12-33-5)10-27-22-25-8-7-15(29-22)19-18(30-21(31-19)23(2,3)4)14-9-16(34-6)20(24)26-11-14/h7-9,11,13H,10,12H2,1-6H3,(H2,24,26)(H,28,32)(H,30,31)(H,25,27,29)/t13-/m0/s1. The lowest BCUT2D eigenvalue weighted by molar-refractivity contribution is -0.125. The summed E-state index contributed by atoms with van der Waals surface area (Å²) >= 11 is 0. The fraction of sp³-hybridized carbons (Fsp3) is 0.435. The van der Waals surface area contributed by atoms with E-state index in [-0.39, 0.29) is 24.0 Å². The van der Waals surface area contributed by atoms with Crippen molar-refractivity contribution in [2.75, 3.05) is 38.4 Å². The molecule has 1 amide bonds. The smallest absolute Gasteiger partial charge is 0.246 e. The molecule has 0 bridgehead atoms. The highest BCUT2D eigenvalue weighted by molar-refractivity contribution is 5.78. The van der Waals surface area contributed by atoms with Crippen LogP contribution in [-0.4, -0.2) is 64.2 Å². The molecule has 3 aromatic heterocycles. The van der Waals surface area contributed by atoms with Gasteiger partial charge < -0.3 is 30.8 Å². The maximum Gasteiger partial charge on any atom is 0.246 e. The SMILES string of the molecule is COCC(=O)N[C@@H](C)CNc1nccc(-c2[nH]c(C(C)(C)C)nc2-c2cnc(N)c(OC)c2)n1. The molecule has 0 fully saturated rings. The number of H-pyrrole nitrogens is 1. The molecule has 11 nitrogen and oxygen atoms in total. The van der Waals surface area contributed by atoms with Gasteiger partial charge in [0.15, 0.2) is 11.6 Å². The number of nitrogens with one attached hydrogen (secondary N) is 3. The molecule has 0 aliphatic heterocycles. The van der Waals surface area contributed by atoms with E-state index in [2.05, 4.69) is 51.3 Å². The predicted molar refractivity (Wildman–Crippen MR) is 130 cm³/mol. The van der Waals surface area contributed by atoms with E-state index in [1.165, 1.54) is 7.11 Å². The minimum atomic E-state index is -0.220. The van der Waals surface area contributed by atoms with Crippen molar-refractivity contribution in [2.24, 2.45) is 0 Å². The molecule has 11 heteroatoms. The lowest BCUT2D eigenvalue weighted by Gasteiger charge is -2.15. The number of methoxy groups -OCH3 is 2. The Bertz CT molecular complexity index is 1140. The van der Waals surface area contributed by atoms with Gasteiger partial charge in [0.1, 0.15) is 12.4 Å². The zero-order valence-electron chi connectivity index (χ0n) is 20.4. The molecular formula is C23H32N8O3. The molecular weight excluding hydrogens is 436 g/mol. The fourth-order valence-corrected chi connectivity index (χ4v) is 3.20. The normalized spacial score (nSPS) is 12.3. The summed E-state index contributed by atoms with van der Waals surface area (Å²) in [6, 6.07) is 3.47. The van der Waals surface area contributed by atoms with Gasteiger partial charge in [0, 0.05) is 43.1 Å². The lowest BCUT2D eigenvalue weighted by atomic mass is 9.96. The summed E-state index contributed by atoms with van der Waals surface area (Å²) in [5.74, 6) is 1.82. The van der Waals surface area contributed by atoms with Gasteiger partial charge in [-0.2, -0.15) is 0 Å². The monoisotopic (exact) mass is 468 g/mol. The van der Waals surface area contributed by atoms with Gasteiger partial charge in [-0.05, 0) is 19.1 Å². The van der Waals surface area contributed by atoms with Gasteiger partial charge >= 0.3 is 0 Å². The Hall–Kier alpha value is -3.73.